The van der Waals surface area contributed by atoms with Crippen LogP contribution in [-0.2, 0) is 4.79 Å². The number of ether oxygens (including phenoxy) is 1. The largest absolute Gasteiger partial charge is 0.497 e. The van der Waals surface area contributed by atoms with E-state index < -0.39 is 0 Å². The molecule has 1 atom stereocenters. The third-order valence-corrected chi connectivity index (χ3v) is 5.83. The number of likely N-dealkylation sites (tertiary alicyclic amines) is 1. The Morgan fingerprint density at radius 3 is 2.56 bits per heavy atom. The van der Waals surface area contributed by atoms with E-state index in [1.807, 2.05) is 53.4 Å². The van der Waals surface area contributed by atoms with Crippen molar-refractivity contribution in [2.75, 3.05) is 20.2 Å². The molecule has 0 radical (unpaired) electrons. The second kappa shape index (κ2) is 7.06. The summed E-state index contributed by atoms with van der Waals surface area (Å²) in [6.45, 7) is 1.30. The third kappa shape index (κ3) is 3.42. The van der Waals surface area contributed by atoms with Crippen LogP contribution in [0.25, 0.3) is 0 Å². The average Bonchev–Trinajstić information content (AvgIpc) is 3.04. The van der Waals surface area contributed by atoms with Gasteiger partial charge < -0.3 is 15.0 Å². The van der Waals surface area contributed by atoms with Gasteiger partial charge in [-0.2, -0.15) is 0 Å². The molecular formula is C22H24N2O3. The minimum Gasteiger partial charge on any atom is -0.497 e. The molecule has 1 spiro atoms. The van der Waals surface area contributed by atoms with Gasteiger partial charge in [-0.3, -0.25) is 9.59 Å². The van der Waals surface area contributed by atoms with E-state index in [1.54, 1.807) is 13.2 Å². The molecule has 2 aromatic carbocycles. The molecule has 5 heteroatoms. The van der Waals surface area contributed by atoms with Crippen molar-refractivity contribution in [2.45, 2.75) is 30.7 Å². The van der Waals surface area contributed by atoms with Gasteiger partial charge in [0, 0.05) is 24.2 Å². The normalized spacial score (nSPS) is 21.1. The number of piperidine rings is 1. The summed E-state index contributed by atoms with van der Waals surface area (Å²) < 4.78 is 5.22. The molecule has 4 rings (SSSR count). The first kappa shape index (κ1) is 17.6. The maximum Gasteiger partial charge on any atom is 0.253 e. The third-order valence-electron chi connectivity index (χ3n) is 5.83. The standard InChI is InChI=1S/C22H24N2O3/c1-27-18-9-5-8-17(14-18)21(26)24-12-10-22(11-13-24)15-19(20(25)23-22)16-6-3-2-4-7-16/h2-9,14,19H,10-13,15H2,1H3,(H,23,25)/t19-/m1/s1. The average molecular weight is 364 g/mol. The van der Waals surface area contributed by atoms with Crippen LogP contribution in [0.15, 0.2) is 54.6 Å². The van der Waals surface area contributed by atoms with Gasteiger partial charge in [-0.05, 0) is 43.0 Å². The molecule has 0 aromatic heterocycles. The summed E-state index contributed by atoms with van der Waals surface area (Å²) in [4.78, 5) is 27.2. The molecule has 27 heavy (non-hydrogen) atoms. The van der Waals surface area contributed by atoms with Crippen LogP contribution < -0.4 is 10.1 Å². The van der Waals surface area contributed by atoms with Crippen LogP contribution in [0.2, 0.25) is 0 Å². The number of hydrogen-bond donors (Lipinski definition) is 1. The van der Waals surface area contributed by atoms with Gasteiger partial charge >= 0.3 is 0 Å². The Hall–Kier alpha value is -2.82. The molecule has 0 aliphatic carbocycles. The van der Waals surface area contributed by atoms with Crippen molar-refractivity contribution < 1.29 is 14.3 Å². The number of methoxy groups -OCH3 is 1. The highest BCUT2D eigenvalue weighted by atomic mass is 16.5. The summed E-state index contributed by atoms with van der Waals surface area (Å²) in [5, 5.41) is 3.24. The fourth-order valence-corrected chi connectivity index (χ4v) is 4.24. The van der Waals surface area contributed by atoms with E-state index in [4.69, 9.17) is 4.74 Å². The Balaban J connectivity index is 1.43. The predicted molar refractivity (Wildman–Crippen MR) is 103 cm³/mol. The molecule has 2 aliphatic rings. The first-order valence-electron chi connectivity index (χ1n) is 9.40. The molecule has 5 nitrogen and oxygen atoms in total. The highest BCUT2D eigenvalue weighted by Crippen LogP contribution is 2.39. The lowest BCUT2D eigenvalue weighted by molar-refractivity contribution is -0.121. The SMILES string of the molecule is COc1cccc(C(=O)N2CCC3(CC2)C[C@H](c2ccccc2)C(=O)N3)c1. The lowest BCUT2D eigenvalue weighted by atomic mass is 9.82. The zero-order valence-corrected chi connectivity index (χ0v) is 15.5. The van der Waals surface area contributed by atoms with Crippen LogP contribution in [-0.4, -0.2) is 42.5 Å². The van der Waals surface area contributed by atoms with Crippen molar-refractivity contribution >= 4 is 11.8 Å². The minimum absolute atomic E-state index is 0.0210. The maximum absolute atomic E-state index is 12.8. The number of carbonyl (C=O) groups excluding carboxylic acids is 2. The lowest BCUT2D eigenvalue weighted by Gasteiger charge is -2.39. The number of benzene rings is 2. The Bertz CT molecular complexity index is 842. The smallest absolute Gasteiger partial charge is 0.253 e. The first-order chi connectivity index (χ1) is 13.1. The van der Waals surface area contributed by atoms with Gasteiger partial charge in [0.05, 0.1) is 13.0 Å². The maximum atomic E-state index is 12.8. The monoisotopic (exact) mass is 364 g/mol. The van der Waals surface area contributed by atoms with E-state index >= 15 is 0 Å². The zero-order chi connectivity index (χ0) is 18.9. The lowest BCUT2D eigenvalue weighted by Crippen LogP contribution is -2.52. The van der Waals surface area contributed by atoms with Crippen LogP contribution in [0.3, 0.4) is 0 Å². The summed E-state index contributed by atoms with van der Waals surface area (Å²) in [5.41, 5.74) is 1.52. The van der Waals surface area contributed by atoms with Gasteiger partial charge in [0.1, 0.15) is 5.75 Å². The summed E-state index contributed by atoms with van der Waals surface area (Å²) in [6.07, 6.45) is 2.38. The molecule has 0 saturated carbocycles. The van der Waals surface area contributed by atoms with Crippen molar-refractivity contribution in [3.8, 4) is 5.75 Å². The van der Waals surface area contributed by atoms with E-state index in [9.17, 15) is 9.59 Å². The molecule has 0 unspecified atom stereocenters. The second-order valence-electron chi connectivity index (χ2n) is 7.46. The summed E-state index contributed by atoms with van der Waals surface area (Å²) >= 11 is 0. The van der Waals surface area contributed by atoms with Gasteiger partial charge in [0.2, 0.25) is 5.91 Å². The Morgan fingerprint density at radius 2 is 1.85 bits per heavy atom. The number of carbonyl (C=O) groups is 2. The van der Waals surface area contributed by atoms with Gasteiger partial charge in [0.15, 0.2) is 0 Å². The fourth-order valence-electron chi connectivity index (χ4n) is 4.24. The van der Waals surface area contributed by atoms with E-state index in [1.165, 1.54) is 0 Å². The number of hydrogen-bond acceptors (Lipinski definition) is 3. The highest BCUT2D eigenvalue weighted by molar-refractivity contribution is 5.94. The van der Waals surface area contributed by atoms with Crippen LogP contribution in [0.5, 0.6) is 5.75 Å². The van der Waals surface area contributed by atoms with Gasteiger partial charge in [-0.1, -0.05) is 36.4 Å². The number of nitrogens with one attached hydrogen (secondary N) is 1. The van der Waals surface area contributed by atoms with Crippen molar-refractivity contribution in [3.05, 3.63) is 65.7 Å². The molecule has 2 heterocycles. The molecule has 2 aliphatic heterocycles. The van der Waals surface area contributed by atoms with Crippen LogP contribution in [0.4, 0.5) is 0 Å². The Morgan fingerprint density at radius 1 is 1.11 bits per heavy atom. The Kier molecular flexibility index (Phi) is 4.60. The van der Waals surface area contributed by atoms with Crippen LogP contribution in [0.1, 0.15) is 41.1 Å². The number of nitrogens with zero attached hydrogens (tertiary/aromatic N) is 1. The quantitative estimate of drug-likeness (QED) is 0.911. The molecule has 1 N–H and O–H groups in total. The van der Waals surface area contributed by atoms with E-state index in [2.05, 4.69) is 5.32 Å². The van der Waals surface area contributed by atoms with Crippen molar-refractivity contribution in [1.82, 2.24) is 10.2 Å². The molecule has 2 saturated heterocycles. The summed E-state index contributed by atoms with van der Waals surface area (Å²) in [6, 6.07) is 17.2. The highest BCUT2D eigenvalue weighted by Gasteiger charge is 2.46. The molecule has 2 aromatic rings. The topological polar surface area (TPSA) is 58.6 Å². The molecule has 0 bridgehead atoms. The molecule has 140 valence electrons. The molecule has 2 fully saturated rings. The van der Waals surface area contributed by atoms with Crippen molar-refractivity contribution in [2.24, 2.45) is 0 Å². The van der Waals surface area contributed by atoms with Gasteiger partial charge in [0.25, 0.3) is 5.91 Å². The number of amides is 2. The van der Waals surface area contributed by atoms with Crippen molar-refractivity contribution in [1.29, 1.82) is 0 Å². The van der Waals surface area contributed by atoms with Gasteiger partial charge in [-0.15, -0.1) is 0 Å². The first-order valence-corrected chi connectivity index (χ1v) is 9.40. The molecular weight excluding hydrogens is 340 g/mol. The zero-order valence-electron chi connectivity index (χ0n) is 15.5. The Labute approximate surface area is 159 Å². The summed E-state index contributed by atoms with van der Waals surface area (Å²) in [7, 11) is 1.60. The second-order valence-corrected chi connectivity index (χ2v) is 7.46. The number of rotatable bonds is 3. The van der Waals surface area contributed by atoms with E-state index in [0.717, 1.165) is 24.8 Å². The summed E-state index contributed by atoms with van der Waals surface area (Å²) in [5.74, 6) is 0.719. The van der Waals surface area contributed by atoms with Crippen molar-refractivity contribution in [3.63, 3.8) is 0 Å². The predicted octanol–water partition coefficient (Wildman–Crippen LogP) is 2.97. The molecule has 2 amide bonds. The minimum atomic E-state index is -0.192. The van der Waals surface area contributed by atoms with Gasteiger partial charge in [-0.25, -0.2) is 0 Å². The van der Waals surface area contributed by atoms with Crippen LogP contribution in [0, 0.1) is 0 Å². The van der Waals surface area contributed by atoms with E-state index in [-0.39, 0.29) is 23.3 Å². The van der Waals surface area contributed by atoms with Crippen LogP contribution >= 0.6 is 0 Å². The van der Waals surface area contributed by atoms with E-state index in [0.29, 0.717) is 24.4 Å². The fraction of sp³-hybridized carbons (Fsp3) is 0.364.